The SMILES string of the molecule is CC(=O)/C=C/c1ccc2c(c1)nc(C1(NC(=O)c3ccc4c(C5CCCC5)c(-c5cccc(N)n5)n(C)c4c3)CC=CC1)n2C. The van der Waals surface area contributed by atoms with Crippen molar-refractivity contribution in [2.24, 2.45) is 14.1 Å². The van der Waals surface area contributed by atoms with E-state index < -0.39 is 5.54 Å². The van der Waals surface area contributed by atoms with Gasteiger partial charge in [-0.25, -0.2) is 9.97 Å². The molecule has 8 nitrogen and oxygen atoms in total. The number of nitrogens with two attached hydrogens (primary N) is 1. The molecule has 2 aliphatic rings. The van der Waals surface area contributed by atoms with Crippen LogP contribution in [-0.4, -0.2) is 30.8 Å². The fourth-order valence-electron chi connectivity index (χ4n) is 7.37. The summed E-state index contributed by atoms with van der Waals surface area (Å²) >= 11 is 0. The van der Waals surface area contributed by atoms with Crippen molar-refractivity contribution in [2.45, 2.75) is 56.9 Å². The van der Waals surface area contributed by atoms with Gasteiger partial charge in [0.25, 0.3) is 5.91 Å². The first-order valence-corrected chi connectivity index (χ1v) is 15.7. The van der Waals surface area contributed by atoms with E-state index in [4.69, 9.17) is 15.7 Å². The van der Waals surface area contributed by atoms with E-state index in [1.165, 1.54) is 30.7 Å². The number of pyridine rings is 1. The third-order valence-electron chi connectivity index (χ3n) is 9.57. The van der Waals surface area contributed by atoms with Gasteiger partial charge < -0.3 is 20.2 Å². The normalized spacial score (nSPS) is 16.4. The number of amides is 1. The smallest absolute Gasteiger partial charge is 0.252 e. The topological polar surface area (TPSA) is 108 Å². The molecule has 2 aliphatic carbocycles. The average Bonchev–Trinajstić information content (AvgIpc) is 3.83. The molecule has 7 rings (SSSR count). The van der Waals surface area contributed by atoms with Crippen molar-refractivity contribution in [3.8, 4) is 11.4 Å². The lowest BCUT2D eigenvalue weighted by Gasteiger charge is -2.30. The highest BCUT2D eigenvalue weighted by atomic mass is 16.2. The molecule has 228 valence electrons. The molecule has 0 saturated heterocycles. The number of carbonyl (C=O) groups is 2. The Morgan fingerprint density at radius 3 is 2.47 bits per heavy atom. The van der Waals surface area contributed by atoms with Gasteiger partial charge in [-0.15, -0.1) is 0 Å². The number of aryl methyl sites for hydroxylation is 2. The molecule has 0 spiro atoms. The molecule has 3 N–H and O–H groups in total. The summed E-state index contributed by atoms with van der Waals surface area (Å²) in [6.45, 7) is 1.53. The maximum absolute atomic E-state index is 14.1. The van der Waals surface area contributed by atoms with Gasteiger partial charge in [-0.2, -0.15) is 0 Å². The minimum Gasteiger partial charge on any atom is -0.384 e. The third-order valence-corrected chi connectivity index (χ3v) is 9.57. The van der Waals surface area contributed by atoms with Crippen molar-refractivity contribution in [3.05, 3.63) is 95.3 Å². The molecule has 0 radical (unpaired) electrons. The van der Waals surface area contributed by atoms with Crippen LogP contribution in [0, 0.1) is 0 Å². The molecule has 0 atom stereocenters. The third kappa shape index (κ3) is 5.04. The summed E-state index contributed by atoms with van der Waals surface area (Å²) in [6, 6.07) is 17.8. The quantitative estimate of drug-likeness (QED) is 0.156. The van der Waals surface area contributed by atoms with E-state index >= 15 is 0 Å². The number of nitrogens with zero attached hydrogens (tertiary/aromatic N) is 4. The Morgan fingerprint density at radius 1 is 0.956 bits per heavy atom. The fourth-order valence-corrected chi connectivity index (χ4v) is 7.37. The van der Waals surface area contributed by atoms with Crippen LogP contribution in [0.2, 0.25) is 0 Å². The highest BCUT2D eigenvalue weighted by molar-refractivity contribution is 6.01. The number of hydrogen-bond acceptors (Lipinski definition) is 5. The lowest BCUT2D eigenvalue weighted by molar-refractivity contribution is -0.112. The number of anilines is 1. The maximum Gasteiger partial charge on any atom is 0.252 e. The van der Waals surface area contributed by atoms with Crippen molar-refractivity contribution in [1.82, 2.24) is 24.4 Å². The monoisotopic (exact) mass is 598 g/mol. The first kappa shape index (κ1) is 28.8. The molecule has 0 aliphatic heterocycles. The molecule has 1 saturated carbocycles. The Morgan fingerprint density at radius 2 is 1.73 bits per heavy atom. The first-order chi connectivity index (χ1) is 21.7. The van der Waals surface area contributed by atoms with Crippen LogP contribution in [0.25, 0.3) is 39.4 Å². The number of aromatic nitrogens is 4. The Bertz CT molecular complexity index is 2030. The summed E-state index contributed by atoms with van der Waals surface area (Å²) in [5, 5.41) is 4.57. The predicted molar refractivity (Wildman–Crippen MR) is 180 cm³/mol. The van der Waals surface area contributed by atoms with Crippen LogP contribution in [0.1, 0.15) is 78.7 Å². The van der Waals surface area contributed by atoms with Crippen LogP contribution in [0.3, 0.4) is 0 Å². The van der Waals surface area contributed by atoms with Crippen molar-refractivity contribution < 1.29 is 9.59 Å². The van der Waals surface area contributed by atoms with Gasteiger partial charge in [-0.1, -0.05) is 49.3 Å². The summed E-state index contributed by atoms with van der Waals surface area (Å²) in [5.41, 5.74) is 13.0. The number of fused-ring (bicyclic) bond motifs is 2. The number of benzene rings is 2. The zero-order valence-electron chi connectivity index (χ0n) is 26.0. The van der Waals surface area contributed by atoms with E-state index in [1.807, 2.05) is 55.6 Å². The second kappa shape index (κ2) is 11.2. The molecule has 5 aromatic rings. The summed E-state index contributed by atoms with van der Waals surface area (Å²) < 4.78 is 4.25. The van der Waals surface area contributed by atoms with E-state index in [0.29, 0.717) is 30.1 Å². The van der Waals surface area contributed by atoms with Crippen LogP contribution in [0.4, 0.5) is 5.82 Å². The molecule has 1 fully saturated rings. The number of nitrogen functional groups attached to an aromatic ring is 1. The zero-order valence-corrected chi connectivity index (χ0v) is 26.0. The molecule has 1 amide bonds. The van der Waals surface area contributed by atoms with Crippen molar-refractivity contribution >= 4 is 45.5 Å². The van der Waals surface area contributed by atoms with Gasteiger partial charge in [0.1, 0.15) is 17.2 Å². The highest BCUT2D eigenvalue weighted by Crippen LogP contribution is 2.44. The number of imidazole rings is 1. The highest BCUT2D eigenvalue weighted by Gasteiger charge is 2.39. The van der Waals surface area contributed by atoms with Crippen LogP contribution in [0.15, 0.2) is 72.8 Å². The molecule has 0 unspecified atom stereocenters. The molecule has 0 bridgehead atoms. The molecule has 3 heterocycles. The standard InChI is InChI=1S/C37H38N6O2/c1-23(44)13-14-24-15-18-30-29(21-24)40-36(43(30)3)37(19-6-7-20-37)41-35(45)26-16-17-27-31(22-26)42(2)34(28-11-8-12-32(38)39-28)33(27)25-9-4-5-10-25/h6-8,11-18,21-22,25H,4-5,9-10,19-20H2,1-3H3,(H2,38,39)(H,41,45)/b14-13+. The van der Waals surface area contributed by atoms with Crippen LogP contribution >= 0.6 is 0 Å². The number of rotatable bonds is 7. The van der Waals surface area contributed by atoms with Crippen LogP contribution < -0.4 is 11.1 Å². The van der Waals surface area contributed by atoms with Crippen molar-refractivity contribution in [1.29, 1.82) is 0 Å². The number of carbonyl (C=O) groups excluding carboxylic acids is 2. The van der Waals surface area contributed by atoms with Gasteiger partial charge in [-0.3, -0.25) is 9.59 Å². The molecular formula is C37H38N6O2. The van der Waals surface area contributed by atoms with Gasteiger partial charge in [0.2, 0.25) is 0 Å². The predicted octanol–water partition coefficient (Wildman–Crippen LogP) is 6.94. The fraction of sp³-hybridized carbons (Fsp3) is 0.297. The first-order valence-electron chi connectivity index (χ1n) is 15.7. The average molecular weight is 599 g/mol. The lowest BCUT2D eigenvalue weighted by atomic mass is 9.92. The minimum absolute atomic E-state index is 0.00329. The lowest BCUT2D eigenvalue weighted by Crippen LogP contribution is -2.45. The summed E-state index contributed by atoms with van der Waals surface area (Å²) in [7, 11) is 4.05. The summed E-state index contributed by atoms with van der Waals surface area (Å²) in [6.07, 6.45) is 13.6. The van der Waals surface area contributed by atoms with Gasteiger partial charge in [-0.05, 0) is 92.1 Å². The largest absolute Gasteiger partial charge is 0.384 e. The van der Waals surface area contributed by atoms with E-state index in [9.17, 15) is 9.59 Å². The summed E-state index contributed by atoms with van der Waals surface area (Å²) in [5.74, 6) is 1.62. The van der Waals surface area contributed by atoms with Crippen molar-refractivity contribution in [2.75, 3.05) is 5.73 Å². The molecule has 3 aromatic heterocycles. The van der Waals surface area contributed by atoms with E-state index in [1.54, 1.807) is 12.2 Å². The second-order valence-corrected chi connectivity index (χ2v) is 12.6. The Hall–Kier alpha value is -4.98. The van der Waals surface area contributed by atoms with E-state index in [-0.39, 0.29) is 11.7 Å². The molecule has 2 aromatic carbocycles. The van der Waals surface area contributed by atoms with Gasteiger partial charge in [0.05, 0.1) is 22.4 Å². The summed E-state index contributed by atoms with van der Waals surface area (Å²) in [4.78, 5) is 35.3. The second-order valence-electron chi connectivity index (χ2n) is 12.6. The number of nitrogens with one attached hydrogen (secondary N) is 1. The minimum atomic E-state index is -0.672. The molecular weight excluding hydrogens is 560 g/mol. The van der Waals surface area contributed by atoms with Gasteiger partial charge >= 0.3 is 0 Å². The van der Waals surface area contributed by atoms with Crippen LogP contribution in [-0.2, 0) is 24.4 Å². The number of hydrogen-bond donors (Lipinski definition) is 2. The Labute approximate surface area is 262 Å². The molecule has 45 heavy (non-hydrogen) atoms. The zero-order chi connectivity index (χ0) is 31.3. The van der Waals surface area contributed by atoms with Crippen molar-refractivity contribution in [3.63, 3.8) is 0 Å². The van der Waals surface area contributed by atoms with E-state index in [0.717, 1.165) is 52.2 Å². The number of ketones is 1. The van der Waals surface area contributed by atoms with Gasteiger partial charge in [0.15, 0.2) is 5.78 Å². The van der Waals surface area contributed by atoms with E-state index in [2.05, 4.69) is 39.7 Å². The van der Waals surface area contributed by atoms with Crippen LogP contribution in [0.5, 0.6) is 0 Å². The Balaban J connectivity index is 1.27. The Kier molecular flexibility index (Phi) is 7.15. The molecule has 8 heteroatoms. The number of allylic oxidation sites excluding steroid dienone is 1. The maximum atomic E-state index is 14.1. The van der Waals surface area contributed by atoms with Gasteiger partial charge in [0, 0.05) is 30.6 Å².